The topological polar surface area (TPSA) is 55.1 Å². The Morgan fingerprint density at radius 3 is 2.47 bits per heavy atom. The van der Waals surface area contributed by atoms with Crippen molar-refractivity contribution in [2.24, 2.45) is 23.5 Å². The molecule has 0 radical (unpaired) electrons. The van der Waals surface area contributed by atoms with Gasteiger partial charge in [-0.1, -0.05) is 0 Å². The number of nitrogens with two attached hydrogens (primary N) is 1. The Morgan fingerprint density at radius 1 is 1.27 bits per heavy atom. The SMILES string of the molecule is NC(=O)CC(CC1CCNCC1)C1CC1. The largest absolute Gasteiger partial charge is 0.370 e. The predicted molar refractivity (Wildman–Crippen MR) is 60.2 cm³/mol. The van der Waals surface area contributed by atoms with Crippen molar-refractivity contribution in [2.75, 3.05) is 13.1 Å². The zero-order chi connectivity index (χ0) is 10.7. The van der Waals surface area contributed by atoms with Crippen molar-refractivity contribution >= 4 is 5.91 Å². The van der Waals surface area contributed by atoms with E-state index < -0.39 is 0 Å². The van der Waals surface area contributed by atoms with Gasteiger partial charge in [0, 0.05) is 6.42 Å². The molecule has 3 heteroatoms. The monoisotopic (exact) mass is 210 g/mol. The van der Waals surface area contributed by atoms with Gasteiger partial charge in [-0.3, -0.25) is 4.79 Å². The van der Waals surface area contributed by atoms with Crippen LogP contribution in [-0.2, 0) is 4.79 Å². The summed E-state index contributed by atoms with van der Waals surface area (Å²) in [6.07, 6.45) is 7.06. The van der Waals surface area contributed by atoms with Gasteiger partial charge in [-0.15, -0.1) is 0 Å². The summed E-state index contributed by atoms with van der Waals surface area (Å²) in [5, 5.41) is 3.38. The second-order valence-corrected chi connectivity index (χ2v) is 5.20. The van der Waals surface area contributed by atoms with E-state index in [1.165, 1.54) is 32.1 Å². The molecule has 1 saturated carbocycles. The minimum absolute atomic E-state index is 0.110. The first kappa shape index (κ1) is 10.9. The maximum atomic E-state index is 11.0. The third kappa shape index (κ3) is 3.49. The molecule has 1 aliphatic heterocycles. The average Bonchev–Trinajstić information content (AvgIpc) is 3.01. The summed E-state index contributed by atoms with van der Waals surface area (Å²) in [7, 11) is 0. The summed E-state index contributed by atoms with van der Waals surface area (Å²) < 4.78 is 0. The summed E-state index contributed by atoms with van der Waals surface area (Å²) in [5.41, 5.74) is 5.31. The molecule has 0 spiro atoms. The number of rotatable bonds is 5. The molecule has 1 aliphatic carbocycles. The number of nitrogens with one attached hydrogen (secondary N) is 1. The van der Waals surface area contributed by atoms with Gasteiger partial charge in [0.2, 0.25) is 5.91 Å². The number of piperidine rings is 1. The molecule has 3 nitrogen and oxygen atoms in total. The molecule has 86 valence electrons. The Hall–Kier alpha value is -0.570. The molecule has 1 atom stereocenters. The Bertz CT molecular complexity index is 220. The molecule has 0 aromatic carbocycles. The molecule has 2 aliphatic rings. The lowest BCUT2D eigenvalue weighted by Gasteiger charge is -2.26. The molecule has 0 aromatic heterocycles. The lowest BCUT2D eigenvalue weighted by Crippen LogP contribution is -2.30. The highest BCUT2D eigenvalue weighted by atomic mass is 16.1. The second kappa shape index (κ2) is 4.97. The van der Waals surface area contributed by atoms with Crippen molar-refractivity contribution < 1.29 is 4.79 Å². The van der Waals surface area contributed by atoms with E-state index in [1.54, 1.807) is 0 Å². The molecule has 1 heterocycles. The molecule has 1 unspecified atom stereocenters. The number of amides is 1. The van der Waals surface area contributed by atoms with Gasteiger partial charge in [0.15, 0.2) is 0 Å². The number of hydrogen-bond acceptors (Lipinski definition) is 2. The van der Waals surface area contributed by atoms with Crippen LogP contribution in [0.15, 0.2) is 0 Å². The maximum absolute atomic E-state index is 11.0. The Balaban J connectivity index is 1.79. The zero-order valence-electron chi connectivity index (χ0n) is 9.37. The smallest absolute Gasteiger partial charge is 0.217 e. The third-order valence-electron chi connectivity index (χ3n) is 3.85. The van der Waals surface area contributed by atoms with Crippen LogP contribution in [0, 0.1) is 17.8 Å². The molecule has 0 aromatic rings. The average molecular weight is 210 g/mol. The first-order chi connectivity index (χ1) is 7.25. The fraction of sp³-hybridized carbons (Fsp3) is 0.917. The molecule has 15 heavy (non-hydrogen) atoms. The number of hydrogen-bond donors (Lipinski definition) is 2. The fourth-order valence-corrected chi connectivity index (χ4v) is 2.81. The van der Waals surface area contributed by atoms with Crippen LogP contribution in [0.3, 0.4) is 0 Å². The Morgan fingerprint density at radius 2 is 1.93 bits per heavy atom. The number of primary amides is 1. The standard InChI is InChI=1S/C12H22N2O/c13-12(15)8-11(10-1-2-10)7-9-3-5-14-6-4-9/h9-11,14H,1-8H2,(H2,13,15). The van der Waals surface area contributed by atoms with Crippen LogP contribution < -0.4 is 11.1 Å². The Kier molecular flexibility index (Phi) is 3.62. The highest BCUT2D eigenvalue weighted by molar-refractivity contribution is 5.74. The van der Waals surface area contributed by atoms with Gasteiger partial charge in [0.25, 0.3) is 0 Å². The highest BCUT2D eigenvalue weighted by Gasteiger charge is 2.33. The number of carbonyl (C=O) groups excluding carboxylic acids is 1. The normalized spacial score (nSPS) is 25.1. The molecule has 2 fully saturated rings. The zero-order valence-corrected chi connectivity index (χ0v) is 9.37. The van der Waals surface area contributed by atoms with Crippen LogP contribution in [-0.4, -0.2) is 19.0 Å². The van der Waals surface area contributed by atoms with Crippen molar-refractivity contribution in [3.05, 3.63) is 0 Å². The van der Waals surface area contributed by atoms with Crippen LogP contribution in [0.1, 0.15) is 38.5 Å². The minimum atomic E-state index is -0.110. The van der Waals surface area contributed by atoms with E-state index in [-0.39, 0.29) is 5.91 Å². The molecule has 2 rings (SSSR count). The van der Waals surface area contributed by atoms with Gasteiger partial charge in [-0.2, -0.15) is 0 Å². The van der Waals surface area contributed by atoms with E-state index in [0.29, 0.717) is 12.3 Å². The van der Waals surface area contributed by atoms with Gasteiger partial charge in [0.1, 0.15) is 0 Å². The van der Waals surface area contributed by atoms with Crippen molar-refractivity contribution in [1.82, 2.24) is 5.32 Å². The summed E-state index contributed by atoms with van der Waals surface area (Å²) in [6, 6.07) is 0. The van der Waals surface area contributed by atoms with E-state index in [1.807, 2.05) is 0 Å². The van der Waals surface area contributed by atoms with E-state index in [2.05, 4.69) is 5.32 Å². The first-order valence-corrected chi connectivity index (χ1v) is 6.24. The van der Waals surface area contributed by atoms with Crippen LogP contribution in [0.2, 0.25) is 0 Å². The van der Waals surface area contributed by atoms with E-state index in [4.69, 9.17) is 5.73 Å². The number of carbonyl (C=O) groups is 1. The molecular weight excluding hydrogens is 188 g/mol. The van der Waals surface area contributed by atoms with Crippen molar-refractivity contribution in [1.29, 1.82) is 0 Å². The van der Waals surface area contributed by atoms with E-state index in [9.17, 15) is 4.79 Å². The highest BCUT2D eigenvalue weighted by Crippen LogP contribution is 2.42. The van der Waals surface area contributed by atoms with Gasteiger partial charge in [0.05, 0.1) is 0 Å². The van der Waals surface area contributed by atoms with Gasteiger partial charge < -0.3 is 11.1 Å². The Labute approximate surface area is 91.8 Å². The molecule has 1 saturated heterocycles. The van der Waals surface area contributed by atoms with Gasteiger partial charge in [-0.05, 0) is 62.9 Å². The van der Waals surface area contributed by atoms with E-state index in [0.717, 1.165) is 24.9 Å². The summed E-state index contributed by atoms with van der Waals surface area (Å²) in [6.45, 7) is 2.30. The van der Waals surface area contributed by atoms with E-state index >= 15 is 0 Å². The van der Waals surface area contributed by atoms with Crippen LogP contribution >= 0.6 is 0 Å². The first-order valence-electron chi connectivity index (χ1n) is 6.24. The van der Waals surface area contributed by atoms with Crippen molar-refractivity contribution in [3.63, 3.8) is 0 Å². The van der Waals surface area contributed by atoms with Gasteiger partial charge >= 0.3 is 0 Å². The summed E-state index contributed by atoms with van der Waals surface area (Å²) >= 11 is 0. The minimum Gasteiger partial charge on any atom is -0.370 e. The molecular formula is C12H22N2O. The fourth-order valence-electron chi connectivity index (χ4n) is 2.81. The summed E-state index contributed by atoms with van der Waals surface area (Å²) in [5.74, 6) is 2.12. The maximum Gasteiger partial charge on any atom is 0.217 e. The van der Waals surface area contributed by atoms with Crippen molar-refractivity contribution in [3.8, 4) is 0 Å². The third-order valence-corrected chi connectivity index (χ3v) is 3.85. The lowest BCUT2D eigenvalue weighted by atomic mass is 9.84. The van der Waals surface area contributed by atoms with Crippen LogP contribution in [0.5, 0.6) is 0 Å². The van der Waals surface area contributed by atoms with Crippen LogP contribution in [0.4, 0.5) is 0 Å². The quantitative estimate of drug-likeness (QED) is 0.718. The molecule has 0 bridgehead atoms. The van der Waals surface area contributed by atoms with Gasteiger partial charge in [-0.25, -0.2) is 0 Å². The lowest BCUT2D eigenvalue weighted by molar-refractivity contribution is -0.119. The van der Waals surface area contributed by atoms with Crippen molar-refractivity contribution in [2.45, 2.75) is 38.5 Å². The molecule has 3 N–H and O–H groups in total. The second-order valence-electron chi connectivity index (χ2n) is 5.20. The van der Waals surface area contributed by atoms with Crippen LogP contribution in [0.25, 0.3) is 0 Å². The molecule has 1 amide bonds. The summed E-state index contributed by atoms with van der Waals surface area (Å²) in [4.78, 5) is 11.0. The predicted octanol–water partition coefficient (Wildman–Crippen LogP) is 1.28.